The molecule has 0 aliphatic carbocycles. The fraction of sp³-hybridized carbons (Fsp3) is 0.222. The lowest BCUT2D eigenvalue weighted by Gasteiger charge is -2.10. The molecule has 25 heavy (non-hydrogen) atoms. The van der Waals surface area contributed by atoms with Crippen LogP contribution in [0.25, 0.3) is 0 Å². The maximum atomic E-state index is 11.8. The number of carbonyl (C=O) groups excluding carboxylic acids is 1. The Morgan fingerprint density at radius 2 is 1.64 bits per heavy atom. The number of hydrogen-bond donors (Lipinski definition) is 1. The maximum Gasteiger partial charge on any atom is 0.277 e. The van der Waals surface area contributed by atoms with Crippen molar-refractivity contribution in [3.63, 3.8) is 0 Å². The molecular weight excluding hydrogens is 324 g/mol. The average Bonchev–Trinajstić information content (AvgIpc) is 2.66. The molecular formula is C18H20N2O5. The molecule has 0 radical (unpaired) electrons. The third-order valence-corrected chi connectivity index (χ3v) is 3.25. The molecule has 7 nitrogen and oxygen atoms in total. The number of ether oxygens (including phenoxy) is 4. The number of amides is 1. The van der Waals surface area contributed by atoms with Crippen molar-refractivity contribution >= 4 is 12.1 Å². The second-order valence-corrected chi connectivity index (χ2v) is 4.82. The Hall–Kier alpha value is -3.22. The summed E-state index contributed by atoms with van der Waals surface area (Å²) in [4.78, 5) is 11.8. The molecule has 0 aliphatic heterocycles. The Labute approximate surface area is 146 Å². The smallest absolute Gasteiger partial charge is 0.277 e. The van der Waals surface area contributed by atoms with Gasteiger partial charge in [0.15, 0.2) is 29.6 Å². The Bertz CT molecular complexity index is 746. The number of rotatable bonds is 8. The summed E-state index contributed by atoms with van der Waals surface area (Å²) in [7, 11) is 4.62. The summed E-state index contributed by atoms with van der Waals surface area (Å²) in [6.45, 7) is -0.188. The molecule has 0 atom stereocenters. The number of nitrogens with zero attached hydrogens (tertiary/aromatic N) is 1. The van der Waals surface area contributed by atoms with Gasteiger partial charge in [0.05, 0.1) is 27.5 Å². The van der Waals surface area contributed by atoms with Crippen molar-refractivity contribution in [1.29, 1.82) is 0 Å². The summed E-state index contributed by atoms with van der Waals surface area (Å²) in [5, 5.41) is 3.91. The van der Waals surface area contributed by atoms with Crippen LogP contribution in [0, 0.1) is 0 Å². The number of hydrazone groups is 1. The lowest BCUT2D eigenvalue weighted by molar-refractivity contribution is -0.123. The number of nitrogens with one attached hydrogen (secondary N) is 1. The van der Waals surface area contributed by atoms with Crippen LogP contribution in [0.3, 0.4) is 0 Å². The van der Waals surface area contributed by atoms with Gasteiger partial charge in [-0.1, -0.05) is 18.2 Å². The van der Waals surface area contributed by atoms with Crippen LogP contribution in [0.5, 0.6) is 23.0 Å². The third-order valence-electron chi connectivity index (χ3n) is 3.25. The normalized spacial score (nSPS) is 10.4. The zero-order valence-corrected chi connectivity index (χ0v) is 14.3. The number of carbonyl (C=O) groups is 1. The van der Waals surface area contributed by atoms with Crippen LogP contribution < -0.4 is 24.4 Å². The molecule has 7 heteroatoms. The fourth-order valence-corrected chi connectivity index (χ4v) is 2.10. The maximum absolute atomic E-state index is 11.8. The van der Waals surface area contributed by atoms with E-state index in [4.69, 9.17) is 18.9 Å². The van der Waals surface area contributed by atoms with Gasteiger partial charge >= 0.3 is 0 Å². The van der Waals surface area contributed by atoms with Crippen LogP contribution in [0.15, 0.2) is 47.6 Å². The van der Waals surface area contributed by atoms with Crippen LogP contribution in [-0.4, -0.2) is 40.1 Å². The van der Waals surface area contributed by atoms with Gasteiger partial charge in [-0.05, 0) is 24.3 Å². The minimum atomic E-state index is -0.399. The van der Waals surface area contributed by atoms with Gasteiger partial charge in [0.2, 0.25) is 0 Å². The first-order chi connectivity index (χ1) is 12.2. The molecule has 0 bridgehead atoms. The number of methoxy groups -OCH3 is 3. The van der Waals surface area contributed by atoms with Crippen molar-refractivity contribution in [2.24, 2.45) is 5.10 Å². The van der Waals surface area contributed by atoms with E-state index in [1.54, 1.807) is 43.5 Å². The molecule has 0 heterocycles. The van der Waals surface area contributed by atoms with Crippen LogP contribution in [0.1, 0.15) is 5.56 Å². The lowest BCUT2D eigenvalue weighted by atomic mass is 10.2. The summed E-state index contributed by atoms with van der Waals surface area (Å²) < 4.78 is 21.1. The Kier molecular flexibility index (Phi) is 6.65. The summed E-state index contributed by atoms with van der Waals surface area (Å²) in [5.74, 6) is 1.76. The second kappa shape index (κ2) is 9.17. The van der Waals surface area contributed by atoms with Crippen molar-refractivity contribution in [3.05, 3.63) is 48.0 Å². The second-order valence-electron chi connectivity index (χ2n) is 4.82. The highest BCUT2D eigenvalue weighted by Gasteiger charge is 2.08. The third kappa shape index (κ3) is 4.87. The standard InChI is InChI=1S/C18H20N2O5/c1-22-14-8-4-5-9-15(14)25-12-17(21)20-19-11-13-7-6-10-16(23-2)18(13)24-3/h4-11H,12H2,1-3H3,(H,20,21). The van der Waals surface area contributed by atoms with E-state index in [0.717, 1.165) is 0 Å². The molecule has 2 aromatic carbocycles. The molecule has 0 aliphatic rings. The van der Waals surface area contributed by atoms with Gasteiger partial charge in [-0.25, -0.2) is 5.43 Å². The van der Waals surface area contributed by atoms with Crippen LogP contribution >= 0.6 is 0 Å². The van der Waals surface area contributed by atoms with E-state index in [0.29, 0.717) is 28.6 Å². The molecule has 0 saturated heterocycles. The van der Waals surface area contributed by atoms with Crippen molar-refractivity contribution < 1.29 is 23.7 Å². The zero-order valence-electron chi connectivity index (χ0n) is 14.3. The first-order valence-electron chi connectivity index (χ1n) is 7.48. The quantitative estimate of drug-likeness (QED) is 0.587. The highest BCUT2D eigenvalue weighted by Crippen LogP contribution is 2.29. The van der Waals surface area contributed by atoms with E-state index >= 15 is 0 Å². The van der Waals surface area contributed by atoms with Gasteiger partial charge in [0, 0.05) is 5.56 Å². The number of benzene rings is 2. The van der Waals surface area contributed by atoms with E-state index in [1.165, 1.54) is 20.4 Å². The van der Waals surface area contributed by atoms with E-state index in [1.807, 2.05) is 6.07 Å². The number of hydrogen-bond acceptors (Lipinski definition) is 6. The van der Waals surface area contributed by atoms with Crippen LogP contribution in [-0.2, 0) is 4.79 Å². The molecule has 2 aromatic rings. The summed E-state index contributed by atoms with van der Waals surface area (Å²) in [6.07, 6.45) is 1.47. The minimum absolute atomic E-state index is 0.188. The van der Waals surface area contributed by atoms with Crippen molar-refractivity contribution in [2.75, 3.05) is 27.9 Å². The predicted octanol–water partition coefficient (Wildman–Crippen LogP) is 2.24. The van der Waals surface area contributed by atoms with E-state index in [2.05, 4.69) is 10.5 Å². The van der Waals surface area contributed by atoms with Gasteiger partial charge in [0.1, 0.15) is 0 Å². The lowest BCUT2D eigenvalue weighted by Crippen LogP contribution is -2.24. The molecule has 0 saturated carbocycles. The topological polar surface area (TPSA) is 78.4 Å². The van der Waals surface area contributed by atoms with Crippen molar-refractivity contribution in [3.8, 4) is 23.0 Å². The summed E-state index contributed by atoms with van der Waals surface area (Å²) >= 11 is 0. The van der Waals surface area contributed by atoms with E-state index < -0.39 is 5.91 Å². The molecule has 0 fully saturated rings. The Balaban J connectivity index is 1.93. The van der Waals surface area contributed by atoms with E-state index in [9.17, 15) is 4.79 Å². The molecule has 2 rings (SSSR count). The van der Waals surface area contributed by atoms with Gasteiger partial charge in [0.25, 0.3) is 5.91 Å². The summed E-state index contributed by atoms with van der Waals surface area (Å²) in [6, 6.07) is 12.4. The van der Waals surface area contributed by atoms with Gasteiger partial charge in [-0.2, -0.15) is 5.10 Å². The monoisotopic (exact) mass is 344 g/mol. The van der Waals surface area contributed by atoms with Crippen LogP contribution in [0.4, 0.5) is 0 Å². The number of para-hydroxylation sites is 3. The minimum Gasteiger partial charge on any atom is -0.493 e. The Morgan fingerprint density at radius 1 is 0.960 bits per heavy atom. The van der Waals surface area contributed by atoms with Gasteiger partial charge in [-0.15, -0.1) is 0 Å². The zero-order chi connectivity index (χ0) is 18.1. The van der Waals surface area contributed by atoms with Gasteiger partial charge in [-0.3, -0.25) is 4.79 Å². The fourth-order valence-electron chi connectivity index (χ4n) is 2.10. The van der Waals surface area contributed by atoms with Crippen LogP contribution in [0.2, 0.25) is 0 Å². The van der Waals surface area contributed by atoms with Gasteiger partial charge < -0.3 is 18.9 Å². The van der Waals surface area contributed by atoms with Crippen molar-refractivity contribution in [1.82, 2.24) is 5.43 Å². The molecule has 1 amide bonds. The average molecular weight is 344 g/mol. The molecule has 0 spiro atoms. The first-order valence-corrected chi connectivity index (χ1v) is 7.48. The highest BCUT2D eigenvalue weighted by atomic mass is 16.5. The molecule has 0 aromatic heterocycles. The van der Waals surface area contributed by atoms with E-state index in [-0.39, 0.29) is 6.61 Å². The Morgan fingerprint density at radius 3 is 2.32 bits per heavy atom. The largest absolute Gasteiger partial charge is 0.493 e. The highest BCUT2D eigenvalue weighted by molar-refractivity contribution is 5.86. The molecule has 1 N–H and O–H groups in total. The SMILES string of the molecule is COc1ccccc1OCC(=O)NN=Cc1cccc(OC)c1OC. The first kappa shape index (κ1) is 18.1. The predicted molar refractivity (Wildman–Crippen MR) is 93.8 cm³/mol. The molecule has 132 valence electrons. The summed E-state index contributed by atoms with van der Waals surface area (Å²) in [5.41, 5.74) is 3.07. The molecule has 0 unspecified atom stereocenters. The van der Waals surface area contributed by atoms with Crippen molar-refractivity contribution in [2.45, 2.75) is 0 Å².